The number of aromatic nitrogens is 1. The summed E-state index contributed by atoms with van der Waals surface area (Å²) in [6.07, 6.45) is 6.65. The monoisotopic (exact) mass is 743 g/mol. The van der Waals surface area contributed by atoms with Crippen molar-refractivity contribution in [1.82, 2.24) is 4.57 Å². The van der Waals surface area contributed by atoms with E-state index in [1.807, 2.05) is 0 Å². The normalized spacial score (nSPS) is 15.1. The van der Waals surface area contributed by atoms with E-state index in [-0.39, 0.29) is 5.41 Å². The van der Waals surface area contributed by atoms with Gasteiger partial charge in [-0.25, -0.2) is 0 Å². The molecule has 0 saturated heterocycles. The van der Waals surface area contributed by atoms with Gasteiger partial charge < -0.3 is 4.57 Å². The summed E-state index contributed by atoms with van der Waals surface area (Å²) in [6.45, 7) is 4.82. The number of nitrogens with zero attached hydrogens (tertiary/aromatic N) is 1. The average Bonchev–Trinajstić information content (AvgIpc) is 3.75. The summed E-state index contributed by atoms with van der Waals surface area (Å²) in [5.41, 5.74) is 15.8. The van der Waals surface area contributed by atoms with Crippen LogP contribution in [-0.4, -0.2) is 4.57 Å². The minimum absolute atomic E-state index is 0.141. The fourth-order valence-electron chi connectivity index (χ4n) is 11.4. The van der Waals surface area contributed by atoms with Crippen molar-refractivity contribution in [2.45, 2.75) is 57.3 Å². The summed E-state index contributed by atoms with van der Waals surface area (Å²) < 4.78 is 2.55. The Labute approximate surface area is 340 Å². The highest BCUT2D eigenvalue weighted by Crippen LogP contribution is 2.56. The lowest BCUT2D eigenvalue weighted by Gasteiger charge is -2.24. The van der Waals surface area contributed by atoms with E-state index in [1.165, 1.54) is 142 Å². The number of hydrogen-bond donors (Lipinski definition) is 0. The van der Waals surface area contributed by atoms with Gasteiger partial charge in [0.25, 0.3) is 0 Å². The average molecular weight is 744 g/mol. The maximum absolute atomic E-state index is 2.55. The van der Waals surface area contributed by atoms with Crippen molar-refractivity contribution in [3.05, 3.63) is 187 Å². The molecule has 58 heavy (non-hydrogen) atoms. The van der Waals surface area contributed by atoms with Crippen molar-refractivity contribution in [3.63, 3.8) is 0 Å². The van der Waals surface area contributed by atoms with Gasteiger partial charge in [0.2, 0.25) is 0 Å². The molecule has 1 nitrogen and oxygen atoms in total. The Kier molecular flexibility index (Phi) is 7.42. The molecule has 2 aliphatic carbocycles. The van der Waals surface area contributed by atoms with Crippen molar-refractivity contribution in [2.75, 3.05) is 0 Å². The largest absolute Gasteiger partial charge is 0.309 e. The van der Waals surface area contributed by atoms with Crippen LogP contribution in [0.3, 0.4) is 0 Å². The Hall–Kier alpha value is -6.44. The summed E-state index contributed by atoms with van der Waals surface area (Å²) in [7, 11) is 0. The Balaban J connectivity index is 1.19. The van der Waals surface area contributed by atoms with Gasteiger partial charge in [0.1, 0.15) is 0 Å². The SMILES string of the molecule is CC1(C)c2ccccc2-c2c1c1ccccc1c1c3cc(-c4c5ccccc5c(-c5cccc(C6CCCCC6)c5)c5ccccc45)ccc3n(-c3ccccc3)c21. The second-order valence-corrected chi connectivity index (χ2v) is 17.4. The predicted octanol–water partition coefficient (Wildman–Crippen LogP) is 15.9. The first kappa shape index (κ1) is 33.7. The molecule has 278 valence electrons. The number of hydrogen-bond acceptors (Lipinski definition) is 0. The van der Waals surface area contributed by atoms with Crippen LogP contribution in [0.1, 0.15) is 68.6 Å². The first-order valence-corrected chi connectivity index (χ1v) is 21.3. The van der Waals surface area contributed by atoms with Crippen LogP contribution in [0.15, 0.2) is 170 Å². The van der Waals surface area contributed by atoms with Gasteiger partial charge in [-0.1, -0.05) is 179 Å². The van der Waals surface area contributed by atoms with Crippen molar-refractivity contribution in [3.8, 4) is 39.1 Å². The number of rotatable bonds is 4. The second kappa shape index (κ2) is 12.8. The fourth-order valence-corrected chi connectivity index (χ4v) is 11.4. The third-order valence-electron chi connectivity index (χ3n) is 13.9. The predicted molar refractivity (Wildman–Crippen MR) is 248 cm³/mol. The van der Waals surface area contributed by atoms with E-state index in [1.54, 1.807) is 0 Å². The van der Waals surface area contributed by atoms with E-state index < -0.39 is 0 Å². The zero-order chi connectivity index (χ0) is 38.5. The molecule has 0 amide bonds. The molecule has 9 aromatic carbocycles. The molecule has 0 atom stereocenters. The van der Waals surface area contributed by atoms with E-state index >= 15 is 0 Å². The lowest BCUT2D eigenvalue weighted by molar-refractivity contribution is 0.444. The van der Waals surface area contributed by atoms with E-state index in [9.17, 15) is 0 Å². The third-order valence-corrected chi connectivity index (χ3v) is 13.9. The van der Waals surface area contributed by atoms with Crippen LogP contribution in [-0.2, 0) is 5.41 Å². The zero-order valence-electron chi connectivity index (χ0n) is 33.2. The summed E-state index contributed by atoms with van der Waals surface area (Å²) in [5, 5.41) is 10.5. The van der Waals surface area contributed by atoms with E-state index in [0.717, 1.165) is 0 Å². The zero-order valence-corrected chi connectivity index (χ0v) is 33.2. The highest BCUT2D eigenvalue weighted by Gasteiger charge is 2.39. The van der Waals surface area contributed by atoms with Gasteiger partial charge in [-0.05, 0) is 120 Å². The molecular formula is C57H45N. The van der Waals surface area contributed by atoms with Gasteiger partial charge in [-0.3, -0.25) is 0 Å². The van der Waals surface area contributed by atoms with E-state index in [2.05, 4.69) is 188 Å². The van der Waals surface area contributed by atoms with E-state index in [4.69, 9.17) is 0 Å². The van der Waals surface area contributed by atoms with Crippen molar-refractivity contribution in [1.29, 1.82) is 0 Å². The van der Waals surface area contributed by atoms with Crippen LogP contribution < -0.4 is 0 Å². The fraction of sp³-hybridized carbons (Fsp3) is 0.158. The van der Waals surface area contributed by atoms with Gasteiger partial charge in [0.15, 0.2) is 0 Å². The van der Waals surface area contributed by atoms with E-state index in [0.29, 0.717) is 5.92 Å². The van der Waals surface area contributed by atoms with Crippen LogP contribution in [0.4, 0.5) is 0 Å². The molecule has 10 aromatic rings. The maximum Gasteiger partial charge on any atom is 0.0629 e. The van der Waals surface area contributed by atoms with Crippen LogP contribution >= 0.6 is 0 Å². The lowest BCUT2D eigenvalue weighted by atomic mass is 9.79. The lowest BCUT2D eigenvalue weighted by Crippen LogP contribution is -2.15. The summed E-state index contributed by atoms with van der Waals surface area (Å²) in [4.78, 5) is 0. The van der Waals surface area contributed by atoms with Gasteiger partial charge in [0, 0.05) is 27.4 Å². The van der Waals surface area contributed by atoms with Crippen LogP contribution in [0, 0.1) is 0 Å². The highest BCUT2D eigenvalue weighted by atomic mass is 15.0. The molecule has 12 rings (SSSR count). The molecule has 2 aliphatic rings. The van der Waals surface area contributed by atoms with Gasteiger partial charge >= 0.3 is 0 Å². The molecule has 0 N–H and O–H groups in total. The Bertz CT molecular complexity index is 3220. The standard InChI is InChI=1S/C57H45N/c1-57(2)49-31-16-15-30-47(49)54-55(57)46-29-14-13-28-45(46)53-48-35-39(32-33-50(48)58(56(53)54)40-22-7-4-8-23-40)52-43-26-11-9-24-41(43)51(42-25-10-12-27-44(42)52)38-21-17-20-37(34-38)36-18-5-3-6-19-36/h4,7-17,20-36H,3,5-6,18-19H2,1-2H3. The first-order chi connectivity index (χ1) is 28.6. The van der Waals surface area contributed by atoms with Crippen LogP contribution in [0.5, 0.6) is 0 Å². The highest BCUT2D eigenvalue weighted by molar-refractivity contribution is 6.29. The van der Waals surface area contributed by atoms with Gasteiger partial charge in [0.05, 0.1) is 11.0 Å². The number of fused-ring (bicyclic) bond motifs is 12. The molecule has 1 heteroatoms. The van der Waals surface area contributed by atoms with Crippen LogP contribution in [0.2, 0.25) is 0 Å². The molecule has 0 radical (unpaired) electrons. The molecule has 1 fully saturated rings. The Morgan fingerprint density at radius 3 is 1.74 bits per heavy atom. The number of para-hydroxylation sites is 1. The summed E-state index contributed by atoms with van der Waals surface area (Å²) in [5.74, 6) is 0.659. The van der Waals surface area contributed by atoms with Gasteiger partial charge in [-0.15, -0.1) is 0 Å². The summed E-state index contributed by atoms with van der Waals surface area (Å²) in [6, 6.07) is 64.4. The Morgan fingerprint density at radius 1 is 0.466 bits per heavy atom. The quantitative estimate of drug-likeness (QED) is 0.158. The van der Waals surface area contributed by atoms with Crippen molar-refractivity contribution >= 4 is 54.1 Å². The van der Waals surface area contributed by atoms with Gasteiger partial charge in [-0.2, -0.15) is 0 Å². The molecule has 1 heterocycles. The minimum Gasteiger partial charge on any atom is -0.309 e. The maximum atomic E-state index is 2.55. The molecule has 0 spiro atoms. The topological polar surface area (TPSA) is 4.93 Å². The molecular weight excluding hydrogens is 699 g/mol. The summed E-state index contributed by atoms with van der Waals surface area (Å²) >= 11 is 0. The van der Waals surface area contributed by atoms with Crippen molar-refractivity contribution < 1.29 is 0 Å². The Morgan fingerprint density at radius 2 is 1.05 bits per heavy atom. The van der Waals surface area contributed by atoms with Crippen LogP contribution in [0.25, 0.3) is 93.2 Å². The molecule has 0 bridgehead atoms. The smallest absolute Gasteiger partial charge is 0.0629 e. The third kappa shape index (κ3) is 4.77. The molecule has 1 aromatic heterocycles. The molecule has 1 saturated carbocycles. The first-order valence-electron chi connectivity index (χ1n) is 21.3. The molecule has 0 unspecified atom stereocenters. The van der Waals surface area contributed by atoms with Crippen molar-refractivity contribution in [2.24, 2.45) is 0 Å². The number of benzene rings is 9. The minimum atomic E-state index is -0.141. The second-order valence-electron chi connectivity index (χ2n) is 17.4. The molecule has 0 aliphatic heterocycles.